The van der Waals surface area contributed by atoms with Gasteiger partial charge in [0, 0.05) is 16.7 Å². The smallest absolute Gasteiger partial charge is 0.305 e. The van der Waals surface area contributed by atoms with Crippen molar-refractivity contribution in [1.29, 1.82) is 0 Å². The fourth-order valence-corrected chi connectivity index (χ4v) is 3.18. The van der Waals surface area contributed by atoms with Gasteiger partial charge in [-0.3, -0.25) is 14.4 Å². The number of carboxylic acids is 1. The zero-order chi connectivity index (χ0) is 15.5. The van der Waals surface area contributed by atoms with Crippen LogP contribution >= 0.6 is 15.9 Å². The van der Waals surface area contributed by atoms with Crippen LogP contribution in [-0.4, -0.2) is 27.1 Å². The Labute approximate surface area is 130 Å². The monoisotopic (exact) mass is 356 g/mol. The predicted molar refractivity (Wildman–Crippen MR) is 80.0 cm³/mol. The summed E-state index contributed by atoms with van der Waals surface area (Å²) in [5.74, 6) is -1.25. The number of hydrogen-bond acceptors (Lipinski definition) is 3. The predicted octanol–water partition coefficient (Wildman–Crippen LogP) is 1.51. The number of aliphatic carboxylic acids is 1. The first kappa shape index (κ1) is 15.8. The lowest BCUT2D eigenvalue weighted by Crippen LogP contribution is -2.49. The Morgan fingerprint density at radius 2 is 2.00 bits per heavy atom. The third kappa shape index (κ3) is 4.17. The standard InChI is InChI=1S/C14H17BrN2O4/c15-10-3-4-12(19)17(8-10)9-11(18)16-14(7-13(20)21)5-1-2-6-14/h3-4,8H,1-2,5-7,9H2,(H,16,18)(H,20,21). The molecule has 1 aromatic heterocycles. The van der Waals surface area contributed by atoms with Crippen molar-refractivity contribution in [3.05, 3.63) is 33.2 Å². The minimum Gasteiger partial charge on any atom is -0.481 e. The van der Waals surface area contributed by atoms with E-state index in [0.717, 1.165) is 12.8 Å². The van der Waals surface area contributed by atoms with Gasteiger partial charge in [-0.25, -0.2) is 0 Å². The zero-order valence-electron chi connectivity index (χ0n) is 11.5. The van der Waals surface area contributed by atoms with Gasteiger partial charge in [0.25, 0.3) is 5.56 Å². The lowest BCUT2D eigenvalue weighted by Gasteiger charge is -2.28. The molecule has 21 heavy (non-hydrogen) atoms. The molecule has 6 nitrogen and oxygen atoms in total. The average molecular weight is 357 g/mol. The molecule has 2 rings (SSSR count). The minimum atomic E-state index is -0.920. The highest BCUT2D eigenvalue weighted by molar-refractivity contribution is 9.10. The van der Waals surface area contributed by atoms with E-state index >= 15 is 0 Å². The van der Waals surface area contributed by atoms with E-state index in [2.05, 4.69) is 21.2 Å². The van der Waals surface area contributed by atoms with Crippen LogP contribution in [0.3, 0.4) is 0 Å². The average Bonchev–Trinajstić information content (AvgIpc) is 2.80. The van der Waals surface area contributed by atoms with Crippen LogP contribution in [-0.2, 0) is 16.1 Å². The van der Waals surface area contributed by atoms with E-state index in [1.54, 1.807) is 12.3 Å². The number of nitrogens with zero attached hydrogens (tertiary/aromatic N) is 1. The first-order chi connectivity index (χ1) is 9.90. The van der Waals surface area contributed by atoms with Gasteiger partial charge in [-0.2, -0.15) is 0 Å². The SMILES string of the molecule is O=C(O)CC1(NC(=O)Cn2cc(Br)ccc2=O)CCCC1. The van der Waals surface area contributed by atoms with E-state index in [1.807, 2.05) is 0 Å². The molecule has 0 spiro atoms. The summed E-state index contributed by atoms with van der Waals surface area (Å²) in [4.78, 5) is 34.8. The Hall–Kier alpha value is -1.63. The second kappa shape index (κ2) is 6.43. The Morgan fingerprint density at radius 3 is 2.62 bits per heavy atom. The molecule has 1 saturated carbocycles. The van der Waals surface area contributed by atoms with Gasteiger partial charge in [0.1, 0.15) is 6.54 Å². The normalized spacial score (nSPS) is 16.6. The fourth-order valence-electron chi connectivity index (χ4n) is 2.80. The third-order valence-corrected chi connectivity index (χ3v) is 4.19. The van der Waals surface area contributed by atoms with Crippen molar-refractivity contribution in [3.63, 3.8) is 0 Å². The van der Waals surface area contributed by atoms with E-state index in [9.17, 15) is 14.4 Å². The fraction of sp³-hybridized carbons (Fsp3) is 0.500. The summed E-state index contributed by atoms with van der Waals surface area (Å²) in [6, 6.07) is 2.99. The third-order valence-electron chi connectivity index (χ3n) is 3.72. The van der Waals surface area contributed by atoms with Gasteiger partial charge in [-0.1, -0.05) is 12.8 Å². The van der Waals surface area contributed by atoms with Crippen molar-refractivity contribution in [2.75, 3.05) is 0 Å². The molecule has 1 aliphatic rings. The molecular weight excluding hydrogens is 340 g/mol. The molecule has 0 atom stereocenters. The van der Waals surface area contributed by atoms with E-state index in [1.165, 1.54) is 10.6 Å². The van der Waals surface area contributed by atoms with Crippen LogP contribution in [0.15, 0.2) is 27.6 Å². The van der Waals surface area contributed by atoms with Crippen molar-refractivity contribution in [1.82, 2.24) is 9.88 Å². The first-order valence-corrected chi connectivity index (χ1v) is 7.58. The van der Waals surface area contributed by atoms with Crippen LogP contribution in [0.2, 0.25) is 0 Å². The summed E-state index contributed by atoms with van der Waals surface area (Å²) in [5.41, 5.74) is -0.939. The summed E-state index contributed by atoms with van der Waals surface area (Å²) in [6.07, 6.45) is 4.61. The van der Waals surface area contributed by atoms with Crippen molar-refractivity contribution in [2.24, 2.45) is 0 Å². The summed E-state index contributed by atoms with van der Waals surface area (Å²) >= 11 is 3.25. The Kier molecular flexibility index (Phi) is 4.82. The molecule has 0 bridgehead atoms. The second-order valence-corrected chi connectivity index (χ2v) is 6.34. The maximum absolute atomic E-state index is 12.1. The topological polar surface area (TPSA) is 88.4 Å². The molecule has 1 fully saturated rings. The molecule has 1 aliphatic carbocycles. The maximum Gasteiger partial charge on any atom is 0.305 e. The number of rotatable bonds is 5. The zero-order valence-corrected chi connectivity index (χ0v) is 13.1. The van der Waals surface area contributed by atoms with Crippen molar-refractivity contribution in [2.45, 2.75) is 44.2 Å². The number of carboxylic acid groups (broad SMARTS) is 1. The highest BCUT2D eigenvalue weighted by Crippen LogP contribution is 2.32. The highest BCUT2D eigenvalue weighted by Gasteiger charge is 2.37. The van der Waals surface area contributed by atoms with Crippen molar-refractivity contribution >= 4 is 27.8 Å². The lowest BCUT2D eigenvalue weighted by molar-refractivity contribution is -0.139. The number of amides is 1. The summed E-state index contributed by atoms with van der Waals surface area (Å²) < 4.78 is 2.00. The van der Waals surface area contributed by atoms with Crippen LogP contribution in [0.5, 0.6) is 0 Å². The van der Waals surface area contributed by atoms with Gasteiger partial charge in [-0.15, -0.1) is 0 Å². The lowest BCUT2D eigenvalue weighted by atomic mass is 9.93. The number of aromatic nitrogens is 1. The first-order valence-electron chi connectivity index (χ1n) is 6.79. The molecular formula is C14H17BrN2O4. The van der Waals surface area contributed by atoms with Crippen LogP contribution in [0.4, 0.5) is 0 Å². The maximum atomic E-state index is 12.1. The van der Waals surface area contributed by atoms with Crippen LogP contribution in [0.25, 0.3) is 0 Å². The molecule has 0 radical (unpaired) electrons. The minimum absolute atomic E-state index is 0.0773. The molecule has 7 heteroatoms. The summed E-state index contributed by atoms with van der Waals surface area (Å²) in [7, 11) is 0. The quantitative estimate of drug-likeness (QED) is 0.836. The number of carbonyl (C=O) groups excluding carboxylic acids is 1. The molecule has 1 amide bonds. The number of pyridine rings is 1. The van der Waals surface area contributed by atoms with E-state index in [4.69, 9.17) is 5.11 Å². The van der Waals surface area contributed by atoms with Gasteiger partial charge in [0.15, 0.2) is 0 Å². The van der Waals surface area contributed by atoms with Crippen LogP contribution in [0.1, 0.15) is 32.1 Å². The van der Waals surface area contributed by atoms with Crippen molar-refractivity contribution in [3.8, 4) is 0 Å². The summed E-state index contributed by atoms with van der Waals surface area (Å²) in [6.45, 7) is -0.111. The van der Waals surface area contributed by atoms with Crippen LogP contribution in [0, 0.1) is 0 Å². The molecule has 2 N–H and O–H groups in total. The van der Waals surface area contributed by atoms with Gasteiger partial charge in [-0.05, 0) is 34.8 Å². The summed E-state index contributed by atoms with van der Waals surface area (Å²) in [5, 5.41) is 11.8. The molecule has 0 saturated heterocycles. The molecule has 114 valence electrons. The molecule has 0 aliphatic heterocycles. The number of nitrogens with one attached hydrogen (secondary N) is 1. The van der Waals surface area contributed by atoms with Crippen molar-refractivity contribution < 1.29 is 14.7 Å². The van der Waals surface area contributed by atoms with Gasteiger partial charge in [0.2, 0.25) is 5.91 Å². The number of carbonyl (C=O) groups is 2. The van der Waals surface area contributed by atoms with Crippen LogP contribution < -0.4 is 10.9 Å². The Balaban J connectivity index is 2.07. The van der Waals surface area contributed by atoms with Gasteiger partial charge >= 0.3 is 5.97 Å². The second-order valence-electron chi connectivity index (χ2n) is 5.42. The number of hydrogen-bond donors (Lipinski definition) is 2. The molecule has 1 aromatic rings. The van der Waals surface area contributed by atoms with E-state index < -0.39 is 11.5 Å². The molecule has 0 unspecified atom stereocenters. The Morgan fingerprint density at radius 1 is 1.33 bits per heavy atom. The largest absolute Gasteiger partial charge is 0.481 e. The van der Waals surface area contributed by atoms with Gasteiger partial charge < -0.3 is 15.0 Å². The molecule has 0 aromatic carbocycles. The van der Waals surface area contributed by atoms with E-state index in [0.29, 0.717) is 17.3 Å². The highest BCUT2D eigenvalue weighted by atomic mass is 79.9. The Bertz CT molecular complexity index is 605. The molecule has 1 heterocycles. The van der Waals surface area contributed by atoms with E-state index in [-0.39, 0.29) is 24.4 Å². The van der Waals surface area contributed by atoms with Gasteiger partial charge in [0.05, 0.1) is 12.0 Å². The number of halogens is 1.